The van der Waals surface area contributed by atoms with Crippen molar-refractivity contribution in [3.63, 3.8) is 0 Å². The molecule has 0 N–H and O–H groups in total. The SMILES string of the molecule is COc1ccc(OCc2ccc(F)cc2C)c(CCl)c1. The molecule has 106 valence electrons. The number of halogens is 2. The van der Waals surface area contributed by atoms with Gasteiger partial charge >= 0.3 is 0 Å². The lowest BCUT2D eigenvalue weighted by molar-refractivity contribution is 0.302. The molecule has 2 aromatic rings. The molecule has 0 saturated heterocycles. The molecule has 2 rings (SSSR count). The van der Waals surface area contributed by atoms with E-state index in [-0.39, 0.29) is 5.82 Å². The number of ether oxygens (including phenoxy) is 2. The van der Waals surface area contributed by atoms with E-state index in [1.165, 1.54) is 12.1 Å². The highest BCUT2D eigenvalue weighted by molar-refractivity contribution is 6.17. The average Bonchev–Trinajstić information content (AvgIpc) is 2.46. The van der Waals surface area contributed by atoms with Crippen LogP contribution in [0.3, 0.4) is 0 Å². The van der Waals surface area contributed by atoms with E-state index < -0.39 is 0 Å². The van der Waals surface area contributed by atoms with Gasteiger partial charge in [-0.2, -0.15) is 0 Å². The van der Waals surface area contributed by atoms with E-state index in [4.69, 9.17) is 21.1 Å². The molecule has 0 spiro atoms. The molecule has 0 atom stereocenters. The van der Waals surface area contributed by atoms with Gasteiger partial charge in [0.25, 0.3) is 0 Å². The van der Waals surface area contributed by atoms with Crippen LogP contribution in [0.4, 0.5) is 4.39 Å². The third-order valence-corrected chi connectivity index (χ3v) is 3.39. The fraction of sp³-hybridized carbons (Fsp3) is 0.250. The first-order valence-electron chi connectivity index (χ1n) is 6.24. The van der Waals surface area contributed by atoms with Crippen LogP contribution in [0.2, 0.25) is 0 Å². The van der Waals surface area contributed by atoms with E-state index in [0.29, 0.717) is 18.2 Å². The van der Waals surface area contributed by atoms with Gasteiger partial charge in [-0.15, -0.1) is 11.6 Å². The summed E-state index contributed by atoms with van der Waals surface area (Å²) in [7, 11) is 1.61. The van der Waals surface area contributed by atoms with Crippen molar-refractivity contribution in [3.05, 3.63) is 58.9 Å². The van der Waals surface area contributed by atoms with Gasteiger partial charge in [0.2, 0.25) is 0 Å². The van der Waals surface area contributed by atoms with E-state index >= 15 is 0 Å². The number of rotatable bonds is 5. The molecule has 0 heterocycles. The molecule has 0 aliphatic heterocycles. The lowest BCUT2D eigenvalue weighted by atomic mass is 10.1. The Kier molecular flexibility index (Phi) is 4.85. The van der Waals surface area contributed by atoms with Gasteiger partial charge in [-0.25, -0.2) is 4.39 Å². The van der Waals surface area contributed by atoms with E-state index in [0.717, 1.165) is 22.4 Å². The summed E-state index contributed by atoms with van der Waals surface area (Å²) in [5, 5.41) is 0. The quantitative estimate of drug-likeness (QED) is 0.758. The van der Waals surface area contributed by atoms with Crippen LogP contribution in [0.15, 0.2) is 36.4 Å². The summed E-state index contributed by atoms with van der Waals surface area (Å²) < 4.78 is 24.0. The van der Waals surface area contributed by atoms with Crippen molar-refractivity contribution >= 4 is 11.6 Å². The monoisotopic (exact) mass is 294 g/mol. The molecule has 4 heteroatoms. The standard InChI is InChI=1S/C16H16ClFO2/c1-11-7-14(18)4-3-12(11)10-20-16-6-5-15(19-2)8-13(16)9-17/h3-8H,9-10H2,1-2H3. The summed E-state index contributed by atoms with van der Waals surface area (Å²) in [4.78, 5) is 0. The van der Waals surface area contributed by atoms with E-state index in [1.807, 2.05) is 25.1 Å². The van der Waals surface area contributed by atoms with E-state index in [9.17, 15) is 4.39 Å². The normalized spacial score (nSPS) is 10.4. The third kappa shape index (κ3) is 3.42. The number of benzene rings is 2. The highest BCUT2D eigenvalue weighted by atomic mass is 35.5. The molecule has 2 aromatic carbocycles. The van der Waals surface area contributed by atoms with Crippen LogP contribution < -0.4 is 9.47 Å². The van der Waals surface area contributed by atoms with Crippen molar-refractivity contribution < 1.29 is 13.9 Å². The molecule has 0 aliphatic rings. The van der Waals surface area contributed by atoms with Gasteiger partial charge in [0.15, 0.2) is 0 Å². The summed E-state index contributed by atoms with van der Waals surface area (Å²) in [6.07, 6.45) is 0. The first-order valence-corrected chi connectivity index (χ1v) is 6.78. The smallest absolute Gasteiger partial charge is 0.124 e. The molecule has 0 amide bonds. The zero-order chi connectivity index (χ0) is 14.5. The Morgan fingerprint density at radius 3 is 2.55 bits per heavy atom. The van der Waals surface area contributed by atoms with Crippen LogP contribution >= 0.6 is 11.6 Å². The van der Waals surface area contributed by atoms with E-state index in [2.05, 4.69) is 0 Å². The summed E-state index contributed by atoms with van der Waals surface area (Å²) >= 11 is 5.91. The topological polar surface area (TPSA) is 18.5 Å². The van der Waals surface area contributed by atoms with Gasteiger partial charge in [0.05, 0.1) is 13.0 Å². The van der Waals surface area contributed by atoms with Crippen LogP contribution in [0.25, 0.3) is 0 Å². The van der Waals surface area contributed by atoms with Gasteiger partial charge < -0.3 is 9.47 Å². The number of aryl methyl sites for hydroxylation is 1. The summed E-state index contributed by atoms with van der Waals surface area (Å²) in [5.41, 5.74) is 2.68. The van der Waals surface area contributed by atoms with Crippen LogP contribution in [0, 0.1) is 12.7 Å². The minimum Gasteiger partial charge on any atom is -0.497 e. The van der Waals surface area contributed by atoms with Crippen molar-refractivity contribution in [2.45, 2.75) is 19.4 Å². The lowest BCUT2D eigenvalue weighted by Crippen LogP contribution is -2.00. The second-order valence-electron chi connectivity index (χ2n) is 4.47. The van der Waals surface area contributed by atoms with E-state index in [1.54, 1.807) is 13.2 Å². The second-order valence-corrected chi connectivity index (χ2v) is 4.73. The molecule has 0 unspecified atom stereocenters. The van der Waals surface area contributed by atoms with Crippen molar-refractivity contribution in [1.29, 1.82) is 0 Å². The number of hydrogen-bond acceptors (Lipinski definition) is 2. The van der Waals surface area contributed by atoms with Gasteiger partial charge in [0.1, 0.15) is 23.9 Å². The highest BCUT2D eigenvalue weighted by Crippen LogP contribution is 2.26. The maximum atomic E-state index is 13.0. The molecule has 0 saturated carbocycles. The molecule has 0 aliphatic carbocycles. The Morgan fingerprint density at radius 2 is 1.90 bits per heavy atom. The zero-order valence-electron chi connectivity index (χ0n) is 11.5. The van der Waals surface area contributed by atoms with Crippen LogP contribution in [0.5, 0.6) is 11.5 Å². The first kappa shape index (κ1) is 14.7. The van der Waals surface area contributed by atoms with Gasteiger partial charge in [-0.1, -0.05) is 6.07 Å². The fourth-order valence-corrected chi connectivity index (χ4v) is 2.11. The van der Waals surface area contributed by atoms with Gasteiger partial charge in [-0.05, 0) is 48.4 Å². The maximum absolute atomic E-state index is 13.0. The van der Waals surface area contributed by atoms with Crippen LogP contribution in [0.1, 0.15) is 16.7 Å². The molecule has 0 radical (unpaired) electrons. The van der Waals surface area contributed by atoms with Crippen LogP contribution in [-0.4, -0.2) is 7.11 Å². The Morgan fingerprint density at radius 1 is 1.10 bits per heavy atom. The highest BCUT2D eigenvalue weighted by Gasteiger charge is 2.07. The molecule has 0 bridgehead atoms. The van der Waals surface area contributed by atoms with Gasteiger partial charge in [0, 0.05) is 5.56 Å². The molecular formula is C16H16ClFO2. The average molecular weight is 295 g/mol. The Balaban J connectivity index is 2.14. The minimum atomic E-state index is -0.239. The van der Waals surface area contributed by atoms with Crippen molar-refractivity contribution in [2.24, 2.45) is 0 Å². The third-order valence-electron chi connectivity index (χ3n) is 3.10. The number of alkyl halides is 1. The van der Waals surface area contributed by atoms with Crippen molar-refractivity contribution in [1.82, 2.24) is 0 Å². The predicted molar refractivity (Wildman–Crippen MR) is 78.0 cm³/mol. The molecular weight excluding hydrogens is 279 g/mol. The Bertz CT molecular complexity index is 599. The fourth-order valence-electron chi connectivity index (χ4n) is 1.90. The second kappa shape index (κ2) is 6.62. The first-order chi connectivity index (χ1) is 9.63. The summed E-state index contributed by atoms with van der Waals surface area (Å²) in [6, 6.07) is 10.2. The lowest BCUT2D eigenvalue weighted by Gasteiger charge is -2.12. The minimum absolute atomic E-state index is 0.239. The van der Waals surface area contributed by atoms with Crippen molar-refractivity contribution in [3.8, 4) is 11.5 Å². The molecule has 0 aromatic heterocycles. The molecule has 0 fully saturated rings. The largest absolute Gasteiger partial charge is 0.497 e. The molecule has 2 nitrogen and oxygen atoms in total. The maximum Gasteiger partial charge on any atom is 0.124 e. The Labute approximate surface area is 123 Å². The molecule has 20 heavy (non-hydrogen) atoms. The predicted octanol–water partition coefficient (Wildman–Crippen LogP) is 4.46. The summed E-state index contributed by atoms with van der Waals surface area (Å²) in [6.45, 7) is 2.24. The number of hydrogen-bond donors (Lipinski definition) is 0. The van der Waals surface area contributed by atoms with Gasteiger partial charge in [-0.3, -0.25) is 0 Å². The Hall–Kier alpha value is -1.74. The van der Waals surface area contributed by atoms with Crippen LogP contribution in [-0.2, 0) is 12.5 Å². The zero-order valence-corrected chi connectivity index (χ0v) is 12.2. The summed E-state index contributed by atoms with van der Waals surface area (Å²) in [5.74, 6) is 1.56. The number of methoxy groups -OCH3 is 1. The van der Waals surface area contributed by atoms with Crippen molar-refractivity contribution in [2.75, 3.05) is 7.11 Å².